The van der Waals surface area contributed by atoms with E-state index in [0.29, 0.717) is 18.0 Å². The topological polar surface area (TPSA) is 113 Å². The van der Waals surface area contributed by atoms with Crippen LogP contribution >= 0.6 is 0 Å². The fourth-order valence-corrected chi connectivity index (χ4v) is 7.58. The number of hydrogen-bond acceptors (Lipinski definition) is 6. The summed E-state index contributed by atoms with van der Waals surface area (Å²) in [5, 5.41) is 2.76. The second-order valence-electron chi connectivity index (χ2n) is 9.41. The van der Waals surface area contributed by atoms with E-state index in [9.17, 15) is 21.6 Å². The summed E-state index contributed by atoms with van der Waals surface area (Å²) in [5.41, 5.74) is 1.43. The number of nitrogens with zero attached hydrogens (tertiary/aromatic N) is 2. The van der Waals surface area contributed by atoms with Crippen LogP contribution in [-0.4, -0.2) is 57.0 Å². The Morgan fingerprint density at radius 1 is 0.707 bits per heavy atom. The van der Waals surface area contributed by atoms with E-state index in [2.05, 4.69) is 5.32 Å². The molecule has 1 aliphatic heterocycles. The lowest BCUT2D eigenvalue weighted by Gasteiger charge is -2.38. The number of piperazine rings is 1. The summed E-state index contributed by atoms with van der Waals surface area (Å²) in [6.45, 7) is -0.242. The number of carbonyl (C=O) groups is 1. The van der Waals surface area contributed by atoms with Gasteiger partial charge in [-0.15, -0.1) is 0 Å². The van der Waals surface area contributed by atoms with Gasteiger partial charge in [0, 0.05) is 25.3 Å². The minimum absolute atomic E-state index is 0.0251. The summed E-state index contributed by atoms with van der Waals surface area (Å²) in [6.07, 6.45) is 0. The first kappa shape index (κ1) is 28.5. The van der Waals surface area contributed by atoms with Crippen molar-refractivity contribution in [3.05, 3.63) is 121 Å². The molecule has 0 spiro atoms. The second-order valence-corrected chi connectivity index (χ2v) is 13.2. The molecule has 4 aromatic rings. The lowest BCUT2D eigenvalue weighted by atomic mass is 10.2. The fraction of sp³-hybridized carbons (Fsp3) is 0.167. The Kier molecular flexibility index (Phi) is 8.50. The van der Waals surface area contributed by atoms with Crippen molar-refractivity contribution in [2.24, 2.45) is 0 Å². The molecule has 5 rings (SSSR count). The average Bonchev–Trinajstić information content (AvgIpc) is 3.01. The zero-order valence-electron chi connectivity index (χ0n) is 22.0. The Bertz CT molecular complexity index is 1680. The van der Waals surface area contributed by atoms with E-state index in [1.807, 2.05) is 30.3 Å². The van der Waals surface area contributed by atoms with Crippen LogP contribution in [0.3, 0.4) is 0 Å². The van der Waals surface area contributed by atoms with Crippen LogP contribution in [0.2, 0.25) is 0 Å². The van der Waals surface area contributed by atoms with Gasteiger partial charge in [0.15, 0.2) is 0 Å². The average molecular weight is 592 g/mol. The van der Waals surface area contributed by atoms with Crippen molar-refractivity contribution in [3.8, 4) is 5.75 Å². The molecule has 9 nitrogen and oxygen atoms in total. The van der Waals surface area contributed by atoms with E-state index >= 15 is 0 Å². The van der Waals surface area contributed by atoms with Crippen LogP contribution in [0.15, 0.2) is 125 Å². The third kappa shape index (κ3) is 6.49. The van der Waals surface area contributed by atoms with Crippen LogP contribution in [0.4, 0.5) is 5.69 Å². The van der Waals surface area contributed by atoms with Gasteiger partial charge in [-0.3, -0.25) is 4.79 Å². The number of ether oxygens (including phenoxy) is 1. The van der Waals surface area contributed by atoms with Crippen molar-refractivity contribution < 1.29 is 26.4 Å². The van der Waals surface area contributed by atoms with Crippen molar-refractivity contribution in [1.82, 2.24) is 8.61 Å². The number of carbonyl (C=O) groups excluding carboxylic acids is 1. The molecule has 11 heteroatoms. The molecule has 1 fully saturated rings. The molecule has 0 bridgehead atoms. The number of amides is 1. The van der Waals surface area contributed by atoms with E-state index in [1.165, 1.54) is 24.3 Å². The summed E-state index contributed by atoms with van der Waals surface area (Å²) >= 11 is 0. The third-order valence-electron chi connectivity index (χ3n) is 6.70. The number of benzene rings is 4. The predicted octanol–water partition coefficient (Wildman–Crippen LogP) is 3.97. The standard InChI is InChI=1S/C30H29N3O6S2/c34-30(31-25-16-18-26(19-17-25)39-23-24-10-4-1-5-11-24)29-22-32(40(35,36)27-12-6-2-7-13-27)20-21-33(29)41(37,38)28-14-8-3-9-15-28/h1-19,29H,20-23H2,(H,31,34)/t29-/m1/s1. The van der Waals surface area contributed by atoms with Gasteiger partial charge >= 0.3 is 0 Å². The Morgan fingerprint density at radius 2 is 1.24 bits per heavy atom. The molecule has 1 aliphatic rings. The van der Waals surface area contributed by atoms with Crippen molar-refractivity contribution >= 4 is 31.6 Å². The maximum atomic E-state index is 13.6. The number of hydrogen-bond donors (Lipinski definition) is 1. The molecule has 41 heavy (non-hydrogen) atoms. The largest absolute Gasteiger partial charge is 0.489 e. The van der Waals surface area contributed by atoms with Crippen LogP contribution in [0, 0.1) is 0 Å². The predicted molar refractivity (Wildman–Crippen MR) is 155 cm³/mol. The summed E-state index contributed by atoms with van der Waals surface area (Å²) in [7, 11) is -8.05. The maximum Gasteiger partial charge on any atom is 0.244 e. The maximum absolute atomic E-state index is 13.6. The second kappa shape index (κ2) is 12.2. The summed E-state index contributed by atoms with van der Waals surface area (Å²) in [4.78, 5) is 13.7. The van der Waals surface area contributed by atoms with Gasteiger partial charge in [0.1, 0.15) is 18.4 Å². The van der Waals surface area contributed by atoms with Gasteiger partial charge in [-0.1, -0.05) is 66.7 Å². The zero-order valence-corrected chi connectivity index (χ0v) is 23.7. The number of anilines is 1. The SMILES string of the molecule is O=C(Nc1ccc(OCc2ccccc2)cc1)[C@H]1CN(S(=O)(=O)c2ccccc2)CCN1S(=O)(=O)c1ccccc1. The molecular formula is C30H29N3O6S2. The number of sulfonamides is 2. The molecule has 0 aromatic heterocycles. The van der Waals surface area contributed by atoms with Crippen LogP contribution in [-0.2, 0) is 31.4 Å². The molecule has 1 amide bonds. The fourth-order valence-electron chi connectivity index (χ4n) is 4.53. The van der Waals surface area contributed by atoms with E-state index in [0.717, 1.165) is 14.2 Å². The van der Waals surface area contributed by atoms with Gasteiger partial charge in [-0.05, 0) is 54.1 Å². The number of nitrogens with one attached hydrogen (secondary N) is 1. The lowest BCUT2D eigenvalue weighted by Crippen LogP contribution is -2.60. The molecule has 1 atom stereocenters. The molecule has 212 valence electrons. The van der Waals surface area contributed by atoms with Gasteiger partial charge < -0.3 is 10.1 Å². The molecular weight excluding hydrogens is 562 g/mol. The van der Waals surface area contributed by atoms with E-state index in [4.69, 9.17) is 4.74 Å². The first-order valence-electron chi connectivity index (χ1n) is 12.9. The molecule has 4 aromatic carbocycles. The van der Waals surface area contributed by atoms with Gasteiger partial charge in [0.05, 0.1) is 9.79 Å². The minimum atomic E-state index is -4.09. The molecule has 1 saturated heterocycles. The van der Waals surface area contributed by atoms with Gasteiger partial charge in [0.25, 0.3) is 0 Å². The zero-order chi connectivity index (χ0) is 28.9. The van der Waals surface area contributed by atoms with Gasteiger partial charge in [0.2, 0.25) is 26.0 Å². The summed E-state index contributed by atoms with van der Waals surface area (Å²) < 4.78 is 61.9. The van der Waals surface area contributed by atoms with Crippen molar-refractivity contribution in [3.63, 3.8) is 0 Å². The highest BCUT2D eigenvalue weighted by molar-refractivity contribution is 7.89. The number of rotatable bonds is 9. The Morgan fingerprint density at radius 3 is 1.83 bits per heavy atom. The highest BCUT2D eigenvalue weighted by Gasteiger charge is 2.43. The van der Waals surface area contributed by atoms with Crippen LogP contribution in [0.1, 0.15) is 5.56 Å². The molecule has 0 aliphatic carbocycles. The molecule has 1 N–H and O–H groups in total. The van der Waals surface area contributed by atoms with E-state index in [1.54, 1.807) is 60.7 Å². The highest BCUT2D eigenvalue weighted by Crippen LogP contribution is 2.26. The van der Waals surface area contributed by atoms with E-state index in [-0.39, 0.29) is 29.4 Å². The third-order valence-corrected chi connectivity index (χ3v) is 10.5. The van der Waals surface area contributed by atoms with E-state index < -0.39 is 32.0 Å². The monoisotopic (exact) mass is 591 g/mol. The molecule has 1 heterocycles. The minimum Gasteiger partial charge on any atom is -0.489 e. The Hall–Kier alpha value is -4.03. The van der Waals surface area contributed by atoms with Crippen LogP contribution in [0.25, 0.3) is 0 Å². The summed E-state index contributed by atoms with van der Waals surface area (Å²) in [5.74, 6) is -0.0478. The highest BCUT2D eigenvalue weighted by atomic mass is 32.2. The molecule has 0 saturated carbocycles. The van der Waals surface area contributed by atoms with Crippen molar-refractivity contribution in [1.29, 1.82) is 0 Å². The van der Waals surface area contributed by atoms with Crippen LogP contribution < -0.4 is 10.1 Å². The normalized spacial score (nSPS) is 16.6. The Labute approximate surface area is 240 Å². The molecule has 0 unspecified atom stereocenters. The summed E-state index contributed by atoms with van der Waals surface area (Å²) in [6, 6.07) is 30.7. The quantitative estimate of drug-likeness (QED) is 0.315. The van der Waals surface area contributed by atoms with Crippen molar-refractivity contribution in [2.75, 3.05) is 25.0 Å². The van der Waals surface area contributed by atoms with Crippen molar-refractivity contribution in [2.45, 2.75) is 22.4 Å². The first-order chi connectivity index (χ1) is 19.7. The van der Waals surface area contributed by atoms with Gasteiger partial charge in [-0.2, -0.15) is 8.61 Å². The lowest BCUT2D eigenvalue weighted by molar-refractivity contribution is -0.120. The smallest absolute Gasteiger partial charge is 0.244 e. The Balaban J connectivity index is 1.37. The van der Waals surface area contributed by atoms with Crippen LogP contribution in [0.5, 0.6) is 5.75 Å². The van der Waals surface area contributed by atoms with Gasteiger partial charge in [-0.25, -0.2) is 16.8 Å². The first-order valence-corrected chi connectivity index (χ1v) is 15.8. The molecule has 0 radical (unpaired) electrons.